The van der Waals surface area contributed by atoms with Gasteiger partial charge in [0.15, 0.2) is 0 Å². The lowest BCUT2D eigenvalue weighted by Gasteiger charge is -2.09. The second kappa shape index (κ2) is 5.09. The van der Waals surface area contributed by atoms with Crippen LogP contribution in [0.25, 0.3) is 11.5 Å². The van der Waals surface area contributed by atoms with Gasteiger partial charge in [-0.05, 0) is 26.0 Å². The quantitative estimate of drug-likeness (QED) is 0.837. The maximum absolute atomic E-state index is 12.6. The summed E-state index contributed by atoms with van der Waals surface area (Å²) in [5.74, 6) is 0.898. The number of aromatic nitrogens is 1. The van der Waals surface area contributed by atoms with E-state index in [9.17, 15) is 8.78 Å². The molecular formula is C14H15F2NO2. The number of oxazole rings is 1. The minimum atomic E-state index is -3.17. The zero-order chi connectivity index (χ0) is 14.0. The van der Waals surface area contributed by atoms with Crippen LogP contribution in [-0.4, -0.2) is 11.1 Å². The summed E-state index contributed by atoms with van der Waals surface area (Å²) in [7, 11) is 0. The van der Waals surface area contributed by atoms with Gasteiger partial charge in [-0.25, -0.2) is 4.98 Å². The first-order valence-corrected chi connectivity index (χ1v) is 5.90. The maximum atomic E-state index is 12.6. The van der Waals surface area contributed by atoms with E-state index in [2.05, 4.69) is 9.72 Å². The van der Waals surface area contributed by atoms with Gasteiger partial charge >= 0.3 is 6.11 Å². The topological polar surface area (TPSA) is 35.3 Å². The van der Waals surface area contributed by atoms with E-state index in [1.54, 1.807) is 6.92 Å². The summed E-state index contributed by atoms with van der Waals surface area (Å²) in [5, 5.41) is 0. The van der Waals surface area contributed by atoms with Crippen LogP contribution in [0.4, 0.5) is 8.78 Å². The third-order valence-electron chi connectivity index (χ3n) is 2.65. The standard InChI is InChI=1S/C14H15F2NO2/c1-9-4-6-11(7-5-9)13-17-12(10(2)19-13)8-18-14(3,15)16/h4-7H,8H2,1-3H3. The highest BCUT2D eigenvalue weighted by Crippen LogP contribution is 2.24. The molecule has 0 fully saturated rings. The van der Waals surface area contributed by atoms with E-state index in [4.69, 9.17) is 4.42 Å². The smallest absolute Gasteiger partial charge is 0.353 e. The molecule has 5 heteroatoms. The fourth-order valence-electron chi connectivity index (χ4n) is 1.58. The molecule has 0 amide bonds. The summed E-state index contributed by atoms with van der Waals surface area (Å²) in [4.78, 5) is 4.19. The van der Waals surface area contributed by atoms with E-state index in [0.717, 1.165) is 11.1 Å². The average Bonchev–Trinajstić information content (AvgIpc) is 2.68. The molecule has 2 rings (SSSR count). The second-order valence-corrected chi connectivity index (χ2v) is 4.48. The van der Waals surface area contributed by atoms with Crippen LogP contribution in [0.1, 0.15) is 23.9 Å². The Hall–Kier alpha value is -1.75. The van der Waals surface area contributed by atoms with Crippen molar-refractivity contribution in [1.29, 1.82) is 0 Å². The molecular weight excluding hydrogens is 252 g/mol. The Morgan fingerprint density at radius 3 is 2.42 bits per heavy atom. The van der Waals surface area contributed by atoms with Gasteiger partial charge in [0.1, 0.15) is 11.5 Å². The van der Waals surface area contributed by atoms with Crippen molar-refractivity contribution in [2.45, 2.75) is 33.5 Å². The molecule has 0 aliphatic rings. The zero-order valence-corrected chi connectivity index (χ0v) is 11.0. The summed E-state index contributed by atoms with van der Waals surface area (Å²) in [6, 6.07) is 7.62. The van der Waals surface area contributed by atoms with Crippen LogP contribution in [0.15, 0.2) is 28.7 Å². The molecule has 2 aromatic rings. The van der Waals surface area contributed by atoms with Crippen molar-refractivity contribution in [2.24, 2.45) is 0 Å². The van der Waals surface area contributed by atoms with Crippen LogP contribution < -0.4 is 0 Å². The number of halogens is 2. The number of aryl methyl sites for hydroxylation is 2. The Morgan fingerprint density at radius 2 is 1.84 bits per heavy atom. The Balaban J connectivity index is 2.19. The molecule has 0 bridgehead atoms. The number of rotatable bonds is 4. The largest absolute Gasteiger partial charge is 0.441 e. The van der Waals surface area contributed by atoms with Gasteiger partial charge in [-0.3, -0.25) is 0 Å². The number of ether oxygens (including phenoxy) is 1. The van der Waals surface area contributed by atoms with Crippen LogP contribution >= 0.6 is 0 Å². The Morgan fingerprint density at radius 1 is 1.21 bits per heavy atom. The van der Waals surface area contributed by atoms with E-state index < -0.39 is 6.11 Å². The van der Waals surface area contributed by atoms with Crippen LogP contribution in [0, 0.1) is 13.8 Å². The van der Waals surface area contributed by atoms with Crippen LogP contribution in [0.2, 0.25) is 0 Å². The Bertz CT molecular complexity index is 556. The maximum Gasteiger partial charge on any atom is 0.353 e. The third-order valence-corrected chi connectivity index (χ3v) is 2.65. The van der Waals surface area contributed by atoms with Crippen LogP contribution in [0.5, 0.6) is 0 Å². The van der Waals surface area contributed by atoms with Crippen molar-refractivity contribution in [2.75, 3.05) is 0 Å². The predicted molar refractivity (Wildman–Crippen MR) is 66.8 cm³/mol. The zero-order valence-electron chi connectivity index (χ0n) is 11.0. The Kier molecular flexibility index (Phi) is 3.66. The van der Waals surface area contributed by atoms with Crippen molar-refractivity contribution in [3.8, 4) is 11.5 Å². The van der Waals surface area contributed by atoms with Gasteiger partial charge in [-0.1, -0.05) is 17.7 Å². The van der Waals surface area contributed by atoms with Gasteiger partial charge < -0.3 is 9.15 Å². The molecule has 1 heterocycles. The number of alkyl halides is 2. The van der Waals surface area contributed by atoms with E-state index in [-0.39, 0.29) is 6.61 Å². The lowest BCUT2D eigenvalue weighted by atomic mass is 10.1. The van der Waals surface area contributed by atoms with Gasteiger partial charge in [-0.2, -0.15) is 8.78 Å². The fourth-order valence-corrected chi connectivity index (χ4v) is 1.58. The van der Waals surface area contributed by atoms with E-state index >= 15 is 0 Å². The molecule has 0 spiro atoms. The highest BCUT2D eigenvalue weighted by atomic mass is 19.3. The van der Waals surface area contributed by atoms with Crippen LogP contribution in [0.3, 0.4) is 0 Å². The van der Waals surface area contributed by atoms with Gasteiger partial charge in [0.05, 0.1) is 6.61 Å². The first kappa shape index (κ1) is 13.7. The van der Waals surface area contributed by atoms with E-state index in [1.165, 1.54) is 0 Å². The SMILES string of the molecule is Cc1ccc(-c2nc(COC(C)(F)F)c(C)o2)cc1. The third kappa shape index (κ3) is 3.61. The highest BCUT2D eigenvalue weighted by Gasteiger charge is 2.23. The molecule has 0 atom stereocenters. The Labute approximate surface area is 110 Å². The summed E-state index contributed by atoms with van der Waals surface area (Å²) in [5.41, 5.74) is 2.32. The van der Waals surface area contributed by atoms with Gasteiger partial charge in [0, 0.05) is 12.5 Å². The van der Waals surface area contributed by atoms with Crippen LogP contribution in [-0.2, 0) is 11.3 Å². The number of hydrogen-bond donors (Lipinski definition) is 0. The summed E-state index contributed by atoms with van der Waals surface area (Å²) in [6.07, 6.45) is -3.17. The molecule has 0 unspecified atom stereocenters. The van der Waals surface area contributed by atoms with Crippen molar-refractivity contribution >= 4 is 0 Å². The first-order valence-electron chi connectivity index (χ1n) is 5.90. The average molecular weight is 267 g/mol. The van der Waals surface area contributed by atoms with Gasteiger partial charge in [-0.15, -0.1) is 0 Å². The summed E-state index contributed by atoms with van der Waals surface area (Å²) in [6.45, 7) is 4.08. The normalized spacial score (nSPS) is 11.8. The monoisotopic (exact) mass is 267 g/mol. The minimum Gasteiger partial charge on any atom is -0.441 e. The molecule has 0 N–H and O–H groups in total. The van der Waals surface area contributed by atoms with Crippen molar-refractivity contribution in [1.82, 2.24) is 4.98 Å². The fraction of sp³-hybridized carbons (Fsp3) is 0.357. The van der Waals surface area contributed by atoms with Crippen molar-refractivity contribution in [3.63, 3.8) is 0 Å². The lowest BCUT2D eigenvalue weighted by molar-refractivity contribution is -0.231. The summed E-state index contributed by atoms with van der Waals surface area (Å²) < 4.78 is 35.1. The molecule has 0 aliphatic carbocycles. The van der Waals surface area contributed by atoms with E-state index in [0.29, 0.717) is 24.3 Å². The van der Waals surface area contributed by atoms with Crippen molar-refractivity contribution in [3.05, 3.63) is 41.3 Å². The number of hydrogen-bond acceptors (Lipinski definition) is 3. The summed E-state index contributed by atoms with van der Waals surface area (Å²) >= 11 is 0. The molecule has 0 saturated carbocycles. The molecule has 0 saturated heterocycles. The first-order chi connectivity index (χ1) is 8.85. The molecule has 0 radical (unpaired) electrons. The molecule has 1 aromatic carbocycles. The number of nitrogens with zero attached hydrogens (tertiary/aromatic N) is 1. The van der Waals surface area contributed by atoms with Gasteiger partial charge in [0.25, 0.3) is 0 Å². The predicted octanol–water partition coefficient (Wildman–Crippen LogP) is 4.09. The number of benzene rings is 1. The highest BCUT2D eigenvalue weighted by molar-refractivity contribution is 5.54. The molecule has 3 nitrogen and oxygen atoms in total. The molecule has 1 aromatic heterocycles. The minimum absolute atomic E-state index is 0.273. The molecule has 19 heavy (non-hydrogen) atoms. The van der Waals surface area contributed by atoms with E-state index in [1.807, 2.05) is 31.2 Å². The lowest BCUT2D eigenvalue weighted by Crippen LogP contribution is -2.15. The van der Waals surface area contributed by atoms with Crippen molar-refractivity contribution < 1.29 is 17.9 Å². The molecule has 0 aliphatic heterocycles. The molecule has 102 valence electrons. The second-order valence-electron chi connectivity index (χ2n) is 4.48. The van der Waals surface area contributed by atoms with Gasteiger partial charge in [0.2, 0.25) is 5.89 Å².